The second kappa shape index (κ2) is 5.06. The van der Waals surface area contributed by atoms with Gasteiger partial charge in [0.2, 0.25) is 0 Å². The summed E-state index contributed by atoms with van der Waals surface area (Å²) >= 11 is 11.7. The summed E-state index contributed by atoms with van der Waals surface area (Å²) in [5, 5.41) is 0.501. The smallest absolute Gasteiger partial charge is 0.254 e. The van der Waals surface area contributed by atoms with Gasteiger partial charge in [0.15, 0.2) is 0 Å². The summed E-state index contributed by atoms with van der Waals surface area (Å²) in [6.45, 7) is 4.96. The van der Waals surface area contributed by atoms with Crippen LogP contribution >= 0.6 is 23.2 Å². The molecule has 0 bridgehead atoms. The first kappa shape index (κ1) is 13.6. The number of hydrogen-bond acceptors (Lipinski definition) is 2. The molecule has 5 heteroatoms. The molecule has 1 fully saturated rings. The van der Waals surface area contributed by atoms with Crippen molar-refractivity contribution < 1.29 is 4.79 Å². The first-order valence-corrected chi connectivity index (χ1v) is 6.81. The van der Waals surface area contributed by atoms with Crippen LogP contribution in [0.5, 0.6) is 0 Å². The van der Waals surface area contributed by atoms with E-state index in [0.29, 0.717) is 5.56 Å². The largest absolute Gasteiger partial charge is 0.334 e. The Morgan fingerprint density at radius 1 is 1.28 bits per heavy atom. The summed E-state index contributed by atoms with van der Waals surface area (Å²) in [6, 6.07) is 3.14. The highest BCUT2D eigenvalue weighted by Gasteiger charge is 2.33. The van der Waals surface area contributed by atoms with Gasteiger partial charge in [-0.1, -0.05) is 23.2 Å². The number of aromatic nitrogens is 1. The predicted molar refractivity (Wildman–Crippen MR) is 73.2 cm³/mol. The molecule has 1 aliphatic heterocycles. The Bertz CT molecular complexity index is 454. The van der Waals surface area contributed by atoms with Crippen LogP contribution in [0.1, 0.15) is 43.5 Å². The van der Waals surface area contributed by atoms with Gasteiger partial charge in [0.25, 0.3) is 5.91 Å². The Hall–Kier alpha value is -0.800. The number of likely N-dealkylation sites (tertiary alicyclic amines) is 1. The van der Waals surface area contributed by atoms with E-state index in [-0.39, 0.29) is 21.8 Å². The van der Waals surface area contributed by atoms with Gasteiger partial charge in [-0.15, -0.1) is 0 Å². The van der Waals surface area contributed by atoms with Crippen LogP contribution in [0.25, 0.3) is 0 Å². The van der Waals surface area contributed by atoms with Gasteiger partial charge in [0.05, 0.1) is 0 Å². The summed E-state index contributed by atoms with van der Waals surface area (Å²) in [7, 11) is 0. The van der Waals surface area contributed by atoms with Crippen molar-refractivity contribution in [3.63, 3.8) is 0 Å². The van der Waals surface area contributed by atoms with Gasteiger partial charge >= 0.3 is 0 Å². The maximum Gasteiger partial charge on any atom is 0.254 e. The van der Waals surface area contributed by atoms with Crippen LogP contribution in [0.4, 0.5) is 0 Å². The first-order valence-electron chi connectivity index (χ1n) is 6.05. The fourth-order valence-corrected chi connectivity index (χ4v) is 2.85. The van der Waals surface area contributed by atoms with Crippen LogP contribution in [0, 0.1) is 0 Å². The van der Waals surface area contributed by atoms with E-state index < -0.39 is 0 Å². The van der Waals surface area contributed by atoms with Crippen molar-refractivity contribution >= 4 is 29.1 Å². The Morgan fingerprint density at radius 2 is 1.89 bits per heavy atom. The lowest BCUT2D eigenvalue weighted by atomic mass is 9.90. The standard InChI is InChI=1S/C13H16Cl2N2O/c1-13(2)5-3-4-6-17(13)12(18)9-7-10(14)16-11(15)8-9/h7-8H,3-6H2,1-2H3. The second-order valence-electron chi connectivity index (χ2n) is 5.23. The normalized spacial score (nSPS) is 18.8. The zero-order chi connectivity index (χ0) is 13.3. The molecule has 0 saturated carbocycles. The van der Waals surface area contributed by atoms with Crippen molar-refractivity contribution in [2.45, 2.75) is 38.6 Å². The maximum absolute atomic E-state index is 12.5. The van der Waals surface area contributed by atoms with E-state index in [1.807, 2.05) is 4.90 Å². The van der Waals surface area contributed by atoms with Crippen molar-refractivity contribution in [3.05, 3.63) is 28.0 Å². The highest BCUT2D eigenvalue weighted by Crippen LogP contribution is 2.29. The van der Waals surface area contributed by atoms with E-state index >= 15 is 0 Å². The van der Waals surface area contributed by atoms with Crippen molar-refractivity contribution in [1.29, 1.82) is 0 Å². The number of rotatable bonds is 1. The Morgan fingerprint density at radius 3 is 2.44 bits per heavy atom. The number of pyridine rings is 1. The van der Waals surface area contributed by atoms with Gasteiger partial charge in [-0.3, -0.25) is 4.79 Å². The Labute approximate surface area is 117 Å². The minimum Gasteiger partial charge on any atom is -0.334 e. The van der Waals surface area contributed by atoms with Crippen LogP contribution in [0.3, 0.4) is 0 Å². The van der Waals surface area contributed by atoms with Gasteiger partial charge in [-0.05, 0) is 45.2 Å². The fourth-order valence-electron chi connectivity index (χ4n) is 2.39. The van der Waals surface area contributed by atoms with E-state index in [9.17, 15) is 4.79 Å². The average Bonchev–Trinajstić information content (AvgIpc) is 2.26. The molecule has 0 aliphatic carbocycles. The number of hydrogen-bond donors (Lipinski definition) is 0. The van der Waals surface area contributed by atoms with E-state index in [4.69, 9.17) is 23.2 Å². The van der Waals surface area contributed by atoms with E-state index in [1.54, 1.807) is 12.1 Å². The molecule has 0 N–H and O–H groups in total. The molecule has 1 amide bonds. The molecule has 0 spiro atoms. The summed E-state index contributed by atoms with van der Waals surface area (Å²) in [5.41, 5.74) is 0.396. The highest BCUT2D eigenvalue weighted by molar-refractivity contribution is 6.33. The zero-order valence-corrected chi connectivity index (χ0v) is 12.1. The number of halogens is 2. The quantitative estimate of drug-likeness (QED) is 0.736. The molecule has 2 heterocycles. The van der Waals surface area contributed by atoms with Crippen LogP contribution in [-0.2, 0) is 0 Å². The molecule has 98 valence electrons. The van der Waals surface area contributed by atoms with Crippen LogP contribution in [0.15, 0.2) is 12.1 Å². The molecule has 1 aliphatic rings. The molecule has 1 aromatic heterocycles. The lowest BCUT2D eigenvalue weighted by Gasteiger charge is -2.42. The average molecular weight is 287 g/mol. The van der Waals surface area contributed by atoms with Crippen molar-refractivity contribution in [2.24, 2.45) is 0 Å². The molecule has 1 aromatic rings. The number of piperidine rings is 1. The van der Waals surface area contributed by atoms with Gasteiger partial charge < -0.3 is 4.90 Å². The molecule has 0 aromatic carbocycles. The number of carbonyl (C=O) groups excluding carboxylic acids is 1. The topological polar surface area (TPSA) is 33.2 Å². The number of nitrogens with zero attached hydrogens (tertiary/aromatic N) is 2. The predicted octanol–water partition coefficient (Wildman–Crippen LogP) is 3.79. The summed E-state index contributed by atoms with van der Waals surface area (Å²) in [4.78, 5) is 18.3. The third kappa shape index (κ3) is 2.78. The SMILES string of the molecule is CC1(C)CCCCN1C(=O)c1cc(Cl)nc(Cl)c1. The molecule has 0 unspecified atom stereocenters. The minimum absolute atomic E-state index is 0.0223. The third-order valence-corrected chi connectivity index (χ3v) is 3.79. The molecule has 0 atom stereocenters. The van der Waals surface area contributed by atoms with Crippen LogP contribution in [0.2, 0.25) is 10.3 Å². The molecule has 2 rings (SSSR count). The second-order valence-corrected chi connectivity index (χ2v) is 6.00. The van der Waals surface area contributed by atoms with Gasteiger partial charge in [-0.25, -0.2) is 4.98 Å². The molecule has 0 radical (unpaired) electrons. The van der Waals surface area contributed by atoms with E-state index in [2.05, 4.69) is 18.8 Å². The molecule has 1 saturated heterocycles. The third-order valence-electron chi connectivity index (χ3n) is 3.41. The molecule has 18 heavy (non-hydrogen) atoms. The van der Waals surface area contributed by atoms with Gasteiger partial charge in [0, 0.05) is 17.6 Å². The van der Waals surface area contributed by atoms with E-state index in [1.165, 1.54) is 0 Å². The molecular weight excluding hydrogens is 271 g/mol. The fraction of sp³-hybridized carbons (Fsp3) is 0.538. The summed E-state index contributed by atoms with van der Waals surface area (Å²) in [5.74, 6) is -0.0223. The minimum atomic E-state index is -0.114. The van der Waals surface area contributed by atoms with Crippen molar-refractivity contribution in [3.8, 4) is 0 Å². The lowest BCUT2D eigenvalue weighted by molar-refractivity contribution is 0.0433. The summed E-state index contributed by atoms with van der Waals surface area (Å²) < 4.78 is 0. The van der Waals surface area contributed by atoms with Crippen LogP contribution < -0.4 is 0 Å². The van der Waals surface area contributed by atoms with Crippen molar-refractivity contribution in [1.82, 2.24) is 9.88 Å². The molecule has 3 nitrogen and oxygen atoms in total. The maximum atomic E-state index is 12.5. The molecular formula is C13H16Cl2N2O. The van der Waals surface area contributed by atoms with Gasteiger partial charge in [-0.2, -0.15) is 0 Å². The number of amides is 1. The van der Waals surface area contributed by atoms with Crippen LogP contribution in [-0.4, -0.2) is 27.9 Å². The summed E-state index contributed by atoms with van der Waals surface area (Å²) in [6.07, 6.45) is 3.22. The number of carbonyl (C=O) groups is 1. The Kier molecular flexibility index (Phi) is 3.83. The Balaban J connectivity index is 2.30. The first-order chi connectivity index (χ1) is 8.40. The zero-order valence-electron chi connectivity index (χ0n) is 10.5. The van der Waals surface area contributed by atoms with Gasteiger partial charge in [0.1, 0.15) is 10.3 Å². The highest BCUT2D eigenvalue weighted by atomic mass is 35.5. The van der Waals surface area contributed by atoms with Crippen molar-refractivity contribution in [2.75, 3.05) is 6.54 Å². The monoisotopic (exact) mass is 286 g/mol. The lowest BCUT2D eigenvalue weighted by Crippen LogP contribution is -2.50. The van der Waals surface area contributed by atoms with E-state index in [0.717, 1.165) is 25.8 Å².